The quantitative estimate of drug-likeness (QED) is 0.372. The number of nitrogens with one attached hydrogen (secondary N) is 1. The van der Waals surface area contributed by atoms with Crippen molar-refractivity contribution in [2.45, 2.75) is 13.0 Å². The molecule has 0 saturated heterocycles. The highest BCUT2D eigenvalue weighted by molar-refractivity contribution is 5.85. The second kappa shape index (κ2) is 7.18. The van der Waals surface area contributed by atoms with Gasteiger partial charge in [-0.15, -0.1) is 0 Å². The van der Waals surface area contributed by atoms with Crippen molar-refractivity contribution in [2.75, 3.05) is 11.9 Å². The number of anilines is 1. The number of aliphatic carboxylic acids is 1. The van der Waals surface area contributed by atoms with Gasteiger partial charge >= 0.3 is 5.97 Å². The van der Waals surface area contributed by atoms with Crippen LogP contribution in [0.2, 0.25) is 0 Å². The van der Waals surface area contributed by atoms with E-state index >= 15 is 0 Å². The second-order valence-electron chi connectivity index (χ2n) is 3.53. The molecule has 6 nitrogen and oxygen atoms in total. The Labute approximate surface area is 105 Å². The predicted molar refractivity (Wildman–Crippen MR) is 68.0 cm³/mol. The monoisotopic (exact) mass is 249 g/mol. The molecular weight excluding hydrogens is 234 g/mol. The van der Waals surface area contributed by atoms with Gasteiger partial charge in [-0.1, -0.05) is 0 Å². The van der Waals surface area contributed by atoms with E-state index in [-0.39, 0.29) is 6.54 Å². The number of aldehydes is 1. The molecule has 96 valence electrons. The van der Waals surface area contributed by atoms with Gasteiger partial charge in [0.1, 0.15) is 12.1 Å². The Morgan fingerprint density at radius 3 is 2.94 bits per heavy atom. The Morgan fingerprint density at radius 1 is 1.56 bits per heavy atom. The minimum absolute atomic E-state index is 0.283. The van der Waals surface area contributed by atoms with Crippen LogP contribution in [0.15, 0.2) is 18.3 Å². The minimum Gasteiger partial charge on any atom is -0.478 e. The molecule has 0 spiro atoms. The Kier molecular flexibility index (Phi) is 5.53. The predicted octanol–water partition coefficient (Wildman–Crippen LogP) is 0.639. The molecule has 0 atom stereocenters. The van der Waals surface area contributed by atoms with Gasteiger partial charge in [-0.2, -0.15) is 0 Å². The van der Waals surface area contributed by atoms with Crippen LogP contribution in [-0.4, -0.2) is 28.9 Å². The molecule has 0 radical (unpaired) electrons. The van der Waals surface area contributed by atoms with Gasteiger partial charge in [-0.25, -0.2) is 9.78 Å². The van der Waals surface area contributed by atoms with Gasteiger partial charge in [0.25, 0.3) is 0 Å². The fraction of sp³-hybridized carbons (Fsp3) is 0.250. The fourth-order valence-electron chi connectivity index (χ4n) is 1.35. The summed E-state index contributed by atoms with van der Waals surface area (Å²) in [6, 6.07) is 1.76. The first-order valence-electron chi connectivity index (χ1n) is 5.45. The number of pyridine rings is 1. The smallest absolute Gasteiger partial charge is 0.328 e. The van der Waals surface area contributed by atoms with Crippen molar-refractivity contribution < 1.29 is 14.7 Å². The number of aromatic nitrogens is 1. The van der Waals surface area contributed by atoms with Gasteiger partial charge in [0.2, 0.25) is 0 Å². The topological polar surface area (TPSA) is 105 Å². The molecular formula is C12H15N3O3. The highest BCUT2D eigenvalue weighted by atomic mass is 16.4. The molecule has 0 fully saturated rings. The first kappa shape index (κ1) is 13.9. The van der Waals surface area contributed by atoms with Gasteiger partial charge in [0, 0.05) is 37.3 Å². The average Bonchev–Trinajstić information content (AvgIpc) is 2.37. The third kappa shape index (κ3) is 4.34. The normalized spacial score (nSPS) is 10.5. The van der Waals surface area contributed by atoms with Crippen LogP contribution >= 0.6 is 0 Å². The molecule has 1 heterocycles. The van der Waals surface area contributed by atoms with Crippen molar-refractivity contribution in [3.8, 4) is 0 Å². The number of carboxylic acids is 1. The summed E-state index contributed by atoms with van der Waals surface area (Å²) in [5.74, 6) is -0.399. The molecule has 0 amide bonds. The Morgan fingerprint density at radius 2 is 2.33 bits per heavy atom. The molecule has 0 aromatic carbocycles. The van der Waals surface area contributed by atoms with E-state index in [1.54, 1.807) is 12.3 Å². The van der Waals surface area contributed by atoms with Crippen molar-refractivity contribution in [3.63, 3.8) is 0 Å². The number of nitrogens with two attached hydrogens (primary N) is 1. The summed E-state index contributed by atoms with van der Waals surface area (Å²) in [7, 11) is 0. The summed E-state index contributed by atoms with van der Waals surface area (Å²) in [5.41, 5.74) is 7.03. The summed E-state index contributed by atoms with van der Waals surface area (Å²) in [5, 5.41) is 11.5. The molecule has 0 bridgehead atoms. The van der Waals surface area contributed by atoms with Crippen molar-refractivity contribution in [3.05, 3.63) is 29.5 Å². The first-order chi connectivity index (χ1) is 8.67. The Balaban J connectivity index is 2.82. The second-order valence-corrected chi connectivity index (χ2v) is 3.53. The van der Waals surface area contributed by atoms with Crippen LogP contribution in [0.5, 0.6) is 0 Å². The number of carboxylic acid groups (broad SMARTS) is 1. The highest BCUT2D eigenvalue weighted by Crippen LogP contribution is 2.14. The molecule has 0 aliphatic rings. The molecule has 0 unspecified atom stereocenters. The summed E-state index contributed by atoms with van der Waals surface area (Å²) in [6.45, 7) is 0.777. The van der Waals surface area contributed by atoms with Crippen molar-refractivity contribution >= 4 is 24.1 Å². The third-order valence-corrected chi connectivity index (χ3v) is 2.18. The Hall–Kier alpha value is -2.21. The largest absolute Gasteiger partial charge is 0.478 e. The fourth-order valence-corrected chi connectivity index (χ4v) is 1.35. The molecule has 1 aromatic heterocycles. The van der Waals surface area contributed by atoms with E-state index in [4.69, 9.17) is 10.8 Å². The summed E-state index contributed by atoms with van der Waals surface area (Å²) < 4.78 is 0. The van der Waals surface area contributed by atoms with Gasteiger partial charge < -0.3 is 21.0 Å². The van der Waals surface area contributed by atoms with Crippen molar-refractivity contribution in [1.82, 2.24) is 4.98 Å². The van der Waals surface area contributed by atoms with E-state index in [0.29, 0.717) is 24.3 Å². The number of nitrogens with zero attached hydrogens (tertiary/aromatic N) is 1. The maximum atomic E-state index is 10.4. The molecule has 0 saturated carbocycles. The number of carbonyl (C=O) groups is 2. The average molecular weight is 249 g/mol. The van der Waals surface area contributed by atoms with Crippen molar-refractivity contribution in [2.24, 2.45) is 5.73 Å². The molecule has 1 rings (SSSR count). The highest BCUT2D eigenvalue weighted by Gasteiger charge is 2.03. The molecule has 18 heavy (non-hydrogen) atoms. The van der Waals surface area contributed by atoms with E-state index in [9.17, 15) is 9.59 Å². The summed E-state index contributed by atoms with van der Waals surface area (Å²) in [4.78, 5) is 24.7. The lowest BCUT2D eigenvalue weighted by atomic mass is 10.1. The maximum absolute atomic E-state index is 10.4. The zero-order chi connectivity index (χ0) is 13.4. The minimum atomic E-state index is -1.02. The zero-order valence-corrected chi connectivity index (χ0v) is 9.80. The molecule has 0 aliphatic heterocycles. The SMILES string of the molecule is NCc1cc(/C=C/C(=O)O)cnc1NCCC=O. The standard InChI is InChI=1S/C12H15N3O3/c13-7-10-6-9(2-3-11(17)18)8-15-12(10)14-4-1-5-16/h2-3,5-6,8H,1,4,7,13H2,(H,14,15)(H,17,18)/b3-2+. The van der Waals surface area contributed by atoms with Crippen LogP contribution in [-0.2, 0) is 16.1 Å². The van der Waals surface area contributed by atoms with E-state index in [0.717, 1.165) is 17.9 Å². The van der Waals surface area contributed by atoms with Crippen LogP contribution < -0.4 is 11.1 Å². The molecule has 4 N–H and O–H groups in total. The van der Waals surface area contributed by atoms with E-state index < -0.39 is 5.97 Å². The van der Waals surface area contributed by atoms with Gasteiger partial charge in [0.05, 0.1) is 0 Å². The third-order valence-electron chi connectivity index (χ3n) is 2.18. The molecule has 0 aliphatic carbocycles. The maximum Gasteiger partial charge on any atom is 0.328 e. The van der Waals surface area contributed by atoms with Gasteiger partial charge in [-0.3, -0.25) is 0 Å². The van der Waals surface area contributed by atoms with Crippen molar-refractivity contribution in [1.29, 1.82) is 0 Å². The molecule has 1 aromatic rings. The van der Waals surface area contributed by atoms with E-state index in [1.165, 1.54) is 6.08 Å². The lowest BCUT2D eigenvalue weighted by Crippen LogP contribution is -2.09. The number of hydrogen-bond acceptors (Lipinski definition) is 5. The van der Waals surface area contributed by atoms with Gasteiger partial charge in [0.15, 0.2) is 0 Å². The van der Waals surface area contributed by atoms with Crippen LogP contribution in [0.4, 0.5) is 5.82 Å². The lowest BCUT2D eigenvalue weighted by Gasteiger charge is -2.09. The zero-order valence-electron chi connectivity index (χ0n) is 9.80. The number of carbonyl (C=O) groups excluding carboxylic acids is 1. The van der Waals surface area contributed by atoms with Gasteiger partial charge in [-0.05, 0) is 17.7 Å². The molecule has 6 heteroatoms. The van der Waals surface area contributed by atoms with Crippen LogP contribution in [0.1, 0.15) is 17.5 Å². The summed E-state index contributed by atoms with van der Waals surface area (Å²) >= 11 is 0. The first-order valence-corrected chi connectivity index (χ1v) is 5.45. The van der Waals surface area contributed by atoms with Crippen LogP contribution in [0.25, 0.3) is 6.08 Å². The van der Waals surface area contributed by atoms with Crippen LogP contribution in [0, 0.1) is 0 Å². The number of rotatable bonds is 7. The van der Waals surface area contributed by atoms with Crippen LogP contribution in [0.3, 0.4) is 0 Å². The lowest BCUT2D eigenvalue weighted by molar-refractivity contribution is -0.131. The summed E-state index contributed by atoms with van der Waals surface area (Å²) in [6.07, 6.45) is 5.24. The number of hydrogen-bond donors (Lipinski definition) is 3. The Bertz CT molecular complexity index is 458. The van der Waals surface area contributed by atoms with E-state index in [1.807, 2.05) is 0 Å². The van der Waals surface area contributed by atoms with E-state index in [2.05, 4.69) is 10.3 Å².